The number of halogens is 1. The molecule has 2 aromatic rings. The van der Waals surface area contributed by atoms with E-state index in [2.05, 4.69) is 15.8 Å². The van der Waals surface area contributed by atoms with Gasteiger partial charge in [0.15, 0.2) is 0 Å². The molecule has 0 spiro atoms. The van der Waals surface area contributed by atoms with Crippen LogP contribution >= 0.6 is 11.6 Å². The molecule has 0 saturated carbocycles. The van der Waals surface area contributed by atoms with E-state index in [1.165, 1.54) is 20.4 Å². The van der Waals surface area contributed by atoms with E-state index in [1.807, 2.05) is 0 Å². The van der Waals surface area contributed by atoms with Crippen LogP contribution < -0.4 is 20.2 Å². The van der Waals surface area contributed by atoms with Crippen molar-refractivity contribution in [3.05, 3.63) is 53.1 Å². The molecule has 0 heterocycles. The first-order valence-electron chi connectivity index (χ1n) is 7.16. The van der Waals surface area contributed by atoms with Crippen LogP contribution in [-0.4, -0.2) is 32.2 Å². The minimum atomic E-state index is -0.915. The number of para-hydroxylation sites is 2. The maximum atomic E-state index is 11.9. The first-order chi connectivity index (χ1) is 12.0. The van der Waals surface area contributed by atoms with Crippen LogP contribution in [0.5, 0.6) is 11.5 Å². The van der Waals surface area contributed by atoms with Crippen molar-refractivity contribution in [2.75, 3.05) is 19.5 Å². The highest BCUT2D eigenvalue weighted by Gasteiger charge is 2.14. The number of benzene rings is 2. The van der Waals surface area contributed by atoms with Crippen LogP contribution in [-0.2, 0) is 9.59 Å². The van der Waals surface area contributed by atoms with Gasteiger partial charge in [-0.15, -0.1) is 0 Å². The molecule has 0 aliphatic carbocycles. The second kappa shape index (κ2) is 8.70. The monoisotopic (exact) mass is 361 g/mol. The van der Waals surface area contributed by atoms with Crippen LogP contribution in [0.2, 0.25) is 5.02 Å². The summed E-state index contributed by atoms with van der Waals surface area (Å²) >= 11 is 5.99. The van der Waals surface area contributed by atoms with E-state index in [1.54, 1.807) is 42.5 Å². The van der Waals surface area contributed by atoms with Gasteiger partial charge < -0.3 is 14.8 Å². The summed E-state index contributed by atoms with van der Waals surface area (Å²) in [5.74, 6) is -0.810. The molecule has 0 aromatic heterocycles. The van der Waals surface area contributed by atoms with Crippen LogP contribution in [0.15, 0.2) is 47.6 Å². The number of amides is 2. The molecule has 2 amide bonds. The van der Waals surface area contributed by atoms with Gasteiger partial charge in [0.2, 0.25) is 0 Å². The molecule has 0 atom stereocenters. The highest BCUT2D eigenvalue weighted by atomic mass is 35.5. The van der Waals surface area contributed by atoms with Gasteiger partial charge in [0.1, 0.15) is 11.5 Å². The van der Waals surface area contributed by atoms with Gasteiger partial charge in [0.25, 0.3) is 0 Å². The molecule has 25 heavy (non-hydrogen) atoms. The van der Waals surface area contributed by atoms with E-state index < -0.39 is 11.8 Å². The number of nitrogens with one attached hydrogen (secondary N) is 2. The molecule has 7 nitrogen and oxygen atoms in total. The Morgan fingerprint density at radius 3 is 2.44 bits per heavy atom. The summed E-state index contributed by atoms with van der Waals surface area (Å²) < 4.78 is 10.1. The molecular formula is C17H16ClN3O4. The molecule has 8 heteroatoms. The summed E-state index contributed by atoms with van der Waals surface area (Å²) in [5.41, 5.74) is 3.16. The highest BCUT2D eigenvalue weighted by molar-refractivity contribution is 6.39. The number of carbonyl (C=O) groups excluding carboxylic acids is 2. The highest BCUT2D eigenvalue weighted by Crippen LogP contribution is 2.24. The third kappa shape index (κ3) is 4.95. The smallest absolute Gasteiger partial charge is 0.329 e. The lowest BCUT2D eigenvalue weighted by Crippen LogP contribution is -2.32. The standard InChI is InChI=1S/C17H16ClN3O4/c1-24-14-8-7-11(9-12(14)18)10-19-21-17(23)16(22)20-13-5-3-4-6-15(13)25-2/h3-10H,1-2H3,(H,20,22)(H,21,23)/b19-10-. The van der Waals surface area contributed by atoms with Gasteiger partial charge >= 0.3 is 11.8 Å². The first kappa shape index (κ1) is 18.3. The fourth-order valence-corrected chi connectivity index (χ4v) is 2.17. The molecule has 0 aliphatic rings. The Hall–Kier alpha value is -3.06. The Kier molecular flexibility index (Phi) is 6.36. The molecule has 2 rings (SSSR count). The SMILES string of the molecule is COc1ccc(/C=N\NC(=O)C(=O)Nc2ccccc2OC)cc1Cl. The van der Waals surface area contributed by atoms with E-state index >= 15 is 0 Å². The van der Waals surface area contributed by atoms with Crippen LogP contribution in [0.25, 0.3) is 0 Å². The van der Waals surface area contributed by atoms with Crippen LogP contribution in [0, 0.1) is 0 Å². The fraction of sp³-hybridized carbons (Fsp3) is 0.118. The summed E-state index contributed by atoms with van der Waals surface area (Å²) in [4.78, 5) is 23.7. The van der Waals surface area contributed by atoms with E-state index in [0.717, 1.165) is 0 Å². The third-order valence-electron chi connectivity index (χ3n) is 3.12. The van der Waals surface area contributed by atoms with Crippen molar-refractivity contribution in [1.29, 1.82) is 0 Å². The van der Waals surface area contributed by atoms with Gasteiger partial charge in [-0.05, 0) is 35.9 Å². The van der Waals surface area contributed by atoms with E-state index in [9.17, 15) is 9.59 Å². The van der Waals surface area contributed by atoms with E-state index in [0.29, 0.717) is 27.8 Å². The molecule has 0 saturated heterocycles. The van der Waals surface area contributed by atoms with Crippen molar-refractivity contribution in [2.45, 2.75) is 0 Å². The number of ether oxygens (including phenoxy) is 2. The molecular weight excluding hydrogens is 346 g/mol. The zero-order chi connectivity index (χ0) is 18.2. The summed E-state index contributed by atoms with van der Waals surface area (Å²) in [5, 5.41) is 6.58. The van der Waals surface area contributed by atoms with Crippen LogP contribution in [0.1, 0.15) is 5.56 Å². The number of carbonyl (C=O) groups is 2. The van der Waals surface area contributed by atoms with E-state index in [-0.39, 0.29) is 0 Å². The molecule has 0 bridgehead atoms. The molecule has 2 N–H and O–H groups in total. The third-order valence-corrected chi connectivity index (χ3v) is 3.41. The average Bonchev–Trinajstić information content (AvgIpc) is 2.62. The number of hydrogen-bond donors (Lipinski definition) is 2. The average molecular weight is 362 g/mol. The Bertz CT molecular complexity index is 808. The number of anilines is 1. The van der Waals surface area contributed by atoms with Crippen LogP contribution in [0.3, 0.4) is 0 Å². The molecule has 2 aromatic carbocycles. The molecule has 0 aliphatic heterocycles. The number of hydrogen-bond acceptors (Lipinski definition) is 5. The van der Waals surface area contributed by atoms with Crippen molar-refractivity contribution in [1.82, 2.24) is 5.43 Å². The van der Waals surface area contributed by atoms with Crippen molar-refractivity contribution in [2.24, 2.45) is 5.10 Å². The maximum absolute atomic E-state index is 11.9. The first-order valence-corrected chi connectivity index (χ1v) is 7.54. The summed E-state index contributed by atoms with van der Waals surface area (Å²) in [7, 11) is 2.98. The fourth-order valence-electron chi connectivity index (χ4n) is 1.91. The maximum Gasteiger partial charge on any atom is 0.329 e. The van der Waals surface area contributed by atoms with Gasteiger partial charge in [-0.25, -0.2) is 5.43 Å². The predicted molar refractivity (Wildman–Crippen MR) is 95.4 cm³/mol. The minimum Gasteiger partial charge on any atom is -0.495 e. The van der Waals surface area contributed by atoms with E-state index in [4.69, 9.17) is 21.1 Å². The predicted octanol–water partition coefficient (Wildman–Crippen LogP) is 2.45. The lowest BCUT2D eigenvalue weighted by Gasteiger charge is -2.08. The van der Waals surface area contributed by atoms with Gasteiger partial charge in [-0.3, -0.25) is 9.59 Å². The second-order valence-electron chi connectivity index (χ2n) is 4.75. The lowest BCUT2D eigenvalue weighted by atomic mass is 10.2. The zero-order valence-electron chi connectivity index (χ0n) is 13.6. The summed E-state index contributed by atoms with van der Waals surface area (Å²) in [6.07, 6.45) is 1.36. The number of nitrogens with zero attached hydrogens (tertiary/aromatic N) is 1. The van der Waals surface area contributed by atoms with Crippen molar-refractivity contribution in [3.8, 4) is 11.5 Å². The topological polar surface area (TPSA) is 89.0 Å². The largest absolute Gasteiger partial charge is 0.495 e. The molecule has 0 radical (unpaired) electrons. The van der Waals surface area contributed by atoms with Gasteiger partial charge in [0, 0.05) is 0 Å². The van der Waals surface area contributed by atoms with Crippen LogP contribution in [0.4, 0.5) is 5.69 Å². The molecule has 0 unspecified atom stereocenters. The van der Waals surface area contributed by atoms with Gasteiger partial charge in [0.05, 0.1) is 31.1 Å². The summed E-state index contributed by atoms with van der Waals surface area (Å²) in [6.45, 7) is 0. The Balaban J connectivity index is 1.95. The van der Waals surface area contributed by atoms with Crippen molar-refractivity contribution < 1.29 is 19.1 Å². The Morgan fingerprint density at radius 1 is 1.04 bits per heavy atom. The lowest BCUT2D eigenvalue weighted by molar-refractivity contribution is -0.136. The number of rotatable bonds is 5. The van der Waals surface area contributed by atoms with Crippen molar-refractivity contribution >= 4 is 35.3 Å². The van der Waals surface area contributed by atoms with Gasteiger partial charge in [-0.2, -0.15) is 5.10 Å². The number of methoxy groups -OCH3 is 2. The summed E-state index contributed by atoms with van der Waals surface area (Å²) in [6, 6.07) is 11.7. The molecule has 0 fully saturated rings. The van der Waals surface area contributed by atoms with Gasteiger partial charge in [-0.1, -0.05) is 23.7 Å². The Morgan fingerprint density at radius 2 is 1.76 bits per heavy atom. The van der Waals surface area contributed by atoms with Crippen molar-refractivity contribution in [3.63, 3.8) is 0 Å². The number of hydrazone groups is 1. The Labute approximate surface area is 149 Å². The quantitative estimate of drug-likeness (QED) is 0.486. The second-order valence-corrected chi connectivity index (χ2v) is 5.15. The molecule has 130 valence electrons. The minimum absolute atomic E-state index is 0.385. The normalized spacial score (nSPS) is 10.4. The zero-order valence-corrected chi connectivity index (χ0v) is 14.3.